The second kappa shape index (κ2) is 9.16. The molecular formula is C20H30N4O2. The largest absolute Gasteiger partial charge is 0.497 e. The molecule has 0 bridgehead atoms. The number of ether oxygens (including phenoxy) is 1. The van der Waals surface area contributed by atoms with Crippen LogP contribution in [0.3, 0.4) is 0 Å². The van der Waals surface area contributed by atoms with E-state index in [2.05, 4.69) is 38.4 Å². The summed E-state index contributed by atoms with van der Waals surface area (Å²) >= 11 is 0. The first-order chi connectivity index (χ1) is 12.7. The summed E-state index contributed by atoms with van der Waals surface area (Å²) < 4.78 is 7.54. The zero-order chi connectivity index (χ0) is 18.4. The van der Waals surface area contributed by atoms with E-state index in [0.717, 1.165) is 57.3 Å². The fourth-order valence-electron chi connectivity index (χ4n) is 3.72. The SMILES string of the molecule is CCn1ccnc1CN1CCN(Cc2cccc(OC)c2)[C@H](CCO)C1. The summed E-state index contributed by atoms with van der Waals surface area (Å²) in [5.74, 6) is 2.02. The van der Waals surface area contributed by atoms with Gasteiger partial charge in [0.25, 0.3) is 0 Å². The molecule has 1 aliphatic rings. The smallest absolute Gasteiger partial charge is 0.122 e. The molecule has 1 aliphatic heterocycles. The maximum Gasteiger partial charge on any atom is 0.122 e. The molecule has 1 saturated heterocycles. The van der Waals surface area contributed by atoms with Crippen LogP contribution in [0.2, 0.25) is 0 Å². The van der Waals surface area contributed by atoms with Gasteiger partial charge in [0, 0.05) is 57.8 Å². The third kappa shape index (κ3) is 4.63. The number of hydrogen-bond donors (Lipinski definition) is 1. The molecule has 2 aromatic rings. The number of rotatable bonds is 8. The molecule has 6 heteroatoms. The van der Waals surface area contributed by atoms with Gasteiger partial charge in [-0.05, 0) is 31.0 Å². The van der Waals surface area contributed by atoms with E-state index in [-0.39, 0.29) is 6.61 Å². The van der Waals surface area contributed by atoms with Crippen molar-refractivity contribution in [2.45, 2.75) is 39.0 Å². The monoisotopic (exact) mass is 358 g/mol. The predicted molar refractivity (Wildman–Crippen MR) is 102 cm³/mol. The molecule has 6 nitrogen and oxygen atoms in total. The number of hydrogen-bond acceptors (Lipinski definition) is 5. The Hall–Kier alpha value is -1.89. The van der Waals surface area contributed by atoms with Gasteiger partial charge >= 0.3 is 0 Å². The topological polar surface area (TPSA) is 53.8 Å². The Morgan fingerprint density at radius 1 is 1.27 bits per heavy atom. The average Bonchev–Trinajstić information content (AvgIpc) is 3.11. The van der Waals surface area contributed by atoms with Crippen molar-refractivity contribution >= 4 is 0 Å². The number of benzene rings is 1. The summed E-state index contributed by atoms with van der Waals surface area (Å²) in [6.07, 6.45) is 4.71. The minimum Gasteiger partial charge on any atom is -0.497 e. The first kappa shape index (κ1) is 18.9. The standard InChI is InChI=1S/C20H30N4O2/c1-3-23-9-8-21-20(23)16-22-10-11-24(18(15-22)7-12-25)14-17-5-4-6-19(13-17)26-2/h4-6,8-9,13,18,25H,3,7,10-12,14-16H2,1-2H3/t18-/m1/s1. The highest BCUT2D eigenvalue weighted by molar-refractivity contribution is 5.28. The number of imidazole rings is 1. The molecule has 0 saturated carbocycles. The highest BCUT2D eigenvalue weighted by atomic mass is 16.5. The first-order valence-corrected chi connectivity index (χ1v) is 9.43. The van der Waals surface area contributed by atoms with E-state index in [4.69, 9.17) is 4.74 Å². The van der Waals surface area contributed by atoms with Crippen LogP contribution in [0, 0.1) is 0 Å². The number of aromatic nitrogens is 2. The molecule has 2 heterocycles. The van der Waals surface area contributed by atoms with Gasteiger partial charge in [0.05, 0.1) is 13.7 Å². The van der Waals surface area contributed by atoms with Crippen LogP contribution in [0.4, 0.5) is 0 Å². The Bertz CT molecular complexity index is 688. The molecule has 142 valence electrons. The van der Waals surface area contributed by atoms with Gasteiger partial charge in [0.1, 0.15) is 11.6 Å². The maximum atomic E-state index is 9.53. The molecule has 0 spiro atoms. The minimum absolute atomic E-state index is 0.219. The van der Waals surface area contributed by atoms with Crippen molar-refractivity contribution in [3.8, 4) is 5.75 Å². The van der Waals surface area contributed by atoms with E-state index in [1.165, 1.54) is 5.56 Å². The van der Waals surface area contributed by atoms with Crippen LogP contribution in [-0.2, 0) is 19.6 Å². The quantitative estimate of drug-likeness (QED) is 0.782. The third-order valence-corrected chi connectivity index (χ3v) is 5.18. The Morgan fingerprint density at radius 2 is 2.15 bits per heavy atom. The van der Waals surface area contributed by atoms with E-state index < -0.39 is 0 Å². The number of methoxy groups -OCH3 is 1. The molecule has 1 atom stereocenters. The number of aryl methyl sites for hydroxylation is 1. The van der Waals surface area contributed by atoms with Gasteiger partial charge in [-0.1, -0.05) is 12.1 Å². The van der Waals surface area contributed by atoms with Gasteiger partial charge in [0.2, 0.25) is 0 Å². The normalized spacial score (nSPS) is 19.0. The molecule has 0 radical (unpaired) electrons. The highest BCUT2D eigenvalue weighted by Gasteiger charge is 2.27. The zero-order valence-corrected chi connectivity index (χ0v) is 15.8. The van der Waals surface area contributed by atoms with Crippen LogP contribution >= 0.6 is 0 Å². The van der Waals surface area contributed by atoms with Crippen molar-refractivity contribution in [3.63, 3.8) is 0 Å². The fraction of sp³-hybridized carbons (Fsp3) is 0.550. The van der Waals surface area contributed by atoms with E-state index in [1.807, 2.05) is 24.5 Å². The second-order valence-electron chi connectivity index (χ2n) is 6.85. The molecule has 26 heavy (non-hydrogen) atoms. The molecule has 3 rings (SSSR count). The van der Waals surface area contributed by atoms with Crippen LogP contribution in [0.5, 0.6) is 5.75 Å². The van der Waals surface area contributed by atoms with Gasteiger partial charge < -0.3 is 14.4 Å². The van der Waals surface area contributed by atoms with E-state index in [9.17, 15) is 5.11 Å². The van der Waals surface area contributed by atoms with E-state index >= 15 is 0 Å². The maximum absolute atomic E-state index is 9.53. The summed E-state index contributed by atoms with van der Waals surface area (Å²) in [4.78, 5) is 9.44. The molecule has 1 aromatic carbocycles. The summed E-state index contributed by atoms with van der Waals surface area (Å²) in [7, 11) is 1.70. The molecule has 1 fully saturated rings. The number of nitrogens with zero attached hydrogens (tertiary/aromatic N) is 4. The average molecular weight is 358 g/mol. The Balaban J connectivity index is 1.64. The lowest BCUT2D eigenvalue weighted by Crippen LogP contribution is -2.52. The Morgan fingerprint density at radius 3 is 2.92 bits per heavy atom. The summed E-state index contributed by atoms with van der Waals surface area (Å²) in [5, 5.41) is 9.53. The Labute approximate surface area is 156 Å². The minimum atomic E-state index is 0.219. The van der Waals surface area contributed by atoms with Crippen molar-refractivity contribution in [2.24, 2.45) is 0 Å². The van der Waals surface area contributed by atoms with Crippen LogP contribution in [0.25, 0.3) is 0 Å². The Kier molecular flexibility index (Phi) is 6.66. The summed E-state index contributed by atoms with van der Waals surface area (Å²) in [5.41, 5.74) is 1.25. The molecule has 0 amide bonds. The molecule has 1 aromatic heterocycles. The zero-order valence-electron chi connectivity index (χ0n) is 15.8. The van der Waals surface area contributed by atoms with Crippen molar-refractivity contribution in [1.82, 2.24) is 19.4 Å². The lowest BCUT2D eigenvalue weighted by atomic mass is 10.1. The fourth-order valence-corrected chi connectivity index (χ4v) is 3.72. The molecule has 0 unspecified atom stereocenters. The van der Waals surface area contributed by atoms with Gasteiger partial charge in [-0.3, -0.25) is 9.80 Å². The number of aliphatic hydroxyl groups excluding tert-OH is 1. The summed E-state index contributed by atoms with van der Waals surface area (Å²) in [6, 6.07) is 8.60. The van der Waals surface area contributed by atoms with E-state index in [1.54, 1.807) is 7.11 Å². The third-order valence-electron chi connectivity index (χ3n) is 5.18. The molecular weight excluding hydrogens is 328 g/mol. The van der Waals surface area contributed by atoms with Crippen LogP contribution in [0.1, 0.15) is 24.7 Å². The van der Waals surface area contributed by atoms with Crippen LogP contribution in [-0.4, -0.2) is 63.9 Å². The molecule has 0 aliphatic carbocycles. The van der Waals surface area contributed by atoms with Crippen molar-refractivity contribution in [3.05, 3.63) is 48.0 Å². The van der Waals surface area contributed by atoms with E-state index in [0.29, 0.717) is 6.04 Å². The van der Waals surface area contributed by atoms with Crippen LogP contribution in [0.15, 0.2) is 36.7 Å². The van der Waals surface area contributed by atoms with Gasteiger partial charge in [-0.15, -0.1) is 0 Å². The van der Waals surface area contributed by atoms with Gasteiger partial charge in [-0.25, -0.2) is 4.98 Å². The second-order valence-corrected chi connectivity index (χ2v) is 6.85. The lowest BCUT2D eigenvalue weighted by molar-refractivity contribution is 0.0482. The van der Waals surface area contributed by atoms with Crippen molar-refractivity contribution in [2.75, 3.05) is 33.4 Å². The van der Waals surface area contributed by atoms with Crippen molar-refractivity contribution < 1.29 is 9.84 Å². The summed E-state index contributed by atoms with van der Waals surface area (Å²) in [6.45, 7) is 8.04. The lowest BCUT2D eigenvalue weighted by Gasteiger charge is -2.41. The van der Waals surface area contributed by atoms with Crippen LogP contribution < -0.4 is 4.74 Å². The number of aliphatic hydroxyl groups is 1. The van der Waals surface area contributed by atoms with Crippen molar-refractivity contribution in [1.29, 1.82) is 0 Å². The predicted octanol–water partition coefficient (Wildman–Crippen LogP) is 1.98. The number of piperazine rings is 1. The highest BCUT2D eigenvalue weighted by Crippen LogP contribution is 2.20. The van der Waals surface area contributed by atoms with Gasteiger partial charge in [-0.2, -0.15) is 0 Å². The first-order valence-electron chi connectivity index (χ1n) is 9.43. The van der Waals surface area contributed by atoms with Gasteiger partial charge in [0.15, 0.2) is 0 Å². The molecule has 1 N–H and O–H groups in total.